The van der Waals surface area contributed by atoms with Crippen molar-refractivity contribution in [2.45, 2.75) is 77.0 Å². The SMILES string of the molecule is CC1(C)CCCC(C)(C)N1OC1CCN(C(=O)c2ccccc2)CC1. The van der Waals surface area contributed by atoms with Gasteiger partial charge < -0.3 is 4.90 Å². The van der Waals surface area contributed by atoms with Gasteiger partial charge in [0, 0.05) is 29.7 Å². The van der Waals surface area contributed by atoms with Crippen molar-refractivity contribution in [2.24, 2.45) is 0 Å². The largest absolute Gasteiger partial charge is 0.338 e. The summed E-state index contributed by atoms with van der Waals surface area (Å²) in [5, 5.41) is 2.25. The molecule has 0 unspecified atom stereocenters. The molecule has 1 aromatic carbocycles. The molecule has 0 radical (unpaired) electrons. The summed E-state index contributed by atoms with van der Waals surface area (Å²) < 4.78 is 0. The van der Waals surface area contributed by atoms with Crippen LogP contribution in [0.15, 0.2) is 30.3 Å². The summed E-state index contributed by atoms with van der Waals surface area (Å²) >= 11 is 0. The molecule has 1 aromatic rings. The Bertz CT molecular complexity index is 573. The number of nitrogens with zero attached hydrogens (tertiary/aromatic N) is 2. The van der Waals surface area contributed by atoms with E-state index in [-0.39, 0.29) is 23.1 Å². The minimum absolute atomic E-state index is 0.0682. The van der Waals surface area contributed by atoms with Crippen molar-refractivity contribution < 1.29 is 9.63 Å². The van der Waals surface area contributed by atoms with Crippen molar-refractivity contribution in [3.63, 3.8) is 0 Å². The van der Waals surface area contributed by atoms with Gasteiger partial charge in [-0.2, -0.15) is 5.06 Å². The fraction of sp³-hybridized carbons (Fsp3) is 0.667. The Morgan fingerprint density at radius 2 is 1.56 bits per heavy atom. The van der Waals surface area contributed by atoms with Crippen LogP contribution in [0.5, 0.6) is 0 Å². The molecular formula is C21H32N2O2. The van der Waals surface area contributed by atoms with E-state index < -0.39 is 0 Å². The van der Waals surface area contributed by atoms with Crippen LogP contribution in [-0.4, -0.2) is 46.1 Å². The second-order valence-corrected chi connectivity index (χ2v) is 8.74. The van der Waals surface area contributed by atoms with Crippen LogP contribution in [0.3, 0.4) is 0 Å². The molecule has 0 spiro atoms. The Morgan fingerprint density at radius 3 is 2.12 bits per heavy atom. The van der Waals surface area contributed by atoms with E-state index in [9.17, 15) is 4.79 Å². The van der Waals surface area contributed by atoms with Crippen LogP contribution < -0.4 is 0 Å². The number of amides is 1. The summed E-state index contributed by atoms with van der Waals surface area (Å²) in [4.78, 5) is 21.0. The molecule has 4 nitrogen and oxygen atoms in total. The first-order valence-electron chi connectivity index (χ1n) is 9.61. The van der Waals surface area contributed by atoms with Crippen molar-refractivity contribution in [3.05, 3.63) is 35.9 Å². The Hall–Kier alpha value is -1.39. The molecule has 1 amide bonds. The van der Waals surface area contributed by atoms with Gasteiger partial charge in [-0.05, 0) is 71.9 Å². The van der Waals surface area contributed by atoms with E-state index in [1.54, 1.807) is 0 Å². The molecule has 3 rings (SSSR count). The molecule has 2 heterocycles. The zero-order valence-corrected chi connectivity index (χ0v) is 16.1. The third-order valence-electron chi connectivity index (χ3n) is 5.68. The summed E-state index contributed by atoms with van der Waals surface area (Å²) in [7, 11) is 0. The van der Waals surface area contributed by atoms with Crippen LogP contribution in [0.25, 0.3) is 0 Å². The Balaban J connectivity index is 1.58. The second-order valence-electron chi connectivity index (χ2n) is 8.74. The number of hydrogen-bond donors (Lipinski definition) is 0. The molecule has 2 aliphatic rings. The molecule has 25 heavy (non-hydrogen) atoms. The Kier molecular flexibility index (Phi) is 5.21. The maximum atomic E-state index is 12.6. The van der Waals surface area contributed by atoms with Crippen LogP contribution in [-0.2, 0) is 4.84 Å². The molecule has 2 fully saturated rings. The lowest BCUT2D eigenvalue weighted by atomic mass is 9.82. The Morgan fingerprint density at radius 1 is 1.00 bits per heavy atom. The van der Waals surface area contributed by atoms with Crippen molar-refractivity contribution in [1.82, 2.24) is 9.96 Å². The van der Waals surface area contributed by atoms with Gasteiger partial charge in [-0.3, -0.25) is 9.63 Å². The molecule has 0 N–H and O–H groups in total. The summed E-state index contributed by atoms with van der Waals surface area (Å²) in [6, 6.07) is 9.57. The first-order valence-corrected chi connectivity index (χ1v) is 9.61. The first-order chi connectivity index (χ1) is 11.8. The second kappa shape index (κ2) is 7.08. The number of piperidine rings is 2. The average molecular weight is 344 g/mol. The molecule has 2 aliphatic heterocycles. The van der Waals surface area contributed by atoms with Crippen molar-refractivity contribution in [1.29, 1.82) is 0 Å². The van der Waals surface area contributed by atoms with Gasteiger partial charge in [-0.25, -0.2) is 0 Å². The van der Waals surface area contributed by atoms with Gasteiger partial charge in [-0.1, -0.05) is 18.2 Å². The third-order valence-corrected chi connectivity index (χ3v) is 5.68. The molecule has 138 valence electrons. The van der Waals surface area contributed by atoms with E-state index in [0.717, 1.165) is 31.5 Å². The predicted octanol–water partition coefficient (Wildman–Crippen LogP) is 4.27. The van der Waals surface area contributed by atoms with Gasteiger partial charge >= 0.3 is 0 Å². The maximum Gasteiger partial charge on any atom is 0.253 e. The standard InChI is InChI=1S/C21H32N2O2/c1-20(2)13-8-14-21(3,4)23(20)25-18-11-15-22(16-12-18)19(24)17-9-6-5-7-10-17/h5-7,9-10,18H,8,11-16H2,1-4H3. The lowest BCUT2D eigenvalue weighted by molar-refractivity contribution is -0.308. The number of carbonyl (C=O) groups is 1. The third kappa shape index (κ3) is 4.06. The number of benzene rings is 1. The van der Waals surface area contributed by atoms with Crippen LogP contribution >= 0.6 is 0 Å². The highest BCUT2D eigenvalue weighted by Gasteiger charge is 2.44. The smallest absolute Gasteiger partial charge is 0.253 e. The summed E-state index contributed by atoms with van der Waals surface area (Å²) in [6.45, 7) is 10.7. The van der Waals surface area contributed by atoms with Gasteiger partial charge in [0.25, 0.3) is 5.91 Å². The van der Waals surface area contributed by atoms with Gasteiger partial charge in [0.15, 0.2) is 0 Å². The van der Waals surface area contributed by atoms with E-state index in [2.05, 4.69) is 32.8 Å². The highest BCUT2D eigenvalue weighted by atomic mass is 16.7. The van der Waals surface area contributed by atoms with Gasteiger partial charge in [0.2, 0.25) is 0 Å². The van der Waals surface area contributed by atoms with Crippen LogP contribution in [0, 0.1) is 0 Å². The minimum Gasteiger partial charge on any atom is -0.338 e. The number of hydrogen-bond acceptors (Lipinski definition) is 3. The van der Waals surface area contributed by atoms with Crippen molar-refractivity contribution in [3.8, 4) is 0 Å². The summed E-state index contributed by atoms with van der Waals surface area (Å²) in [5.41, 5.74) is 0.914. The van der Waals surface area contributed by atoms with Crippen LogP contribution in [0.2, 0.25) is 0 Å². The van der Waals surface area contributed by atoms with Gasteiger partial charge in [0.05, 0.1) is 6.10 Å². The van der Waals surface area contributed by atoms with E-state index in [1.807, 2.05) is 35.2 Å². The molecule has 0 bridgehead atoms. The lowest BCUT2D eigenvalue weighted by Crippen LogP contribution is -2.60. The number of hydroxylamine groups is 2. The normalized spacial score (nSPS) is 24.2. The predicted molar refractivity (Wildman–Crippen MR) is 100 cm³/mol. The zero-order valence-electron chi connectivity index (χ0n) is 16.1. The van der Waals surface area contributed by atoms with E-state index in [4.69, 9.17) is 4.84 Å². The average Bonchev–Trinajstić information content (AvgIpc) is 2.58. The number of likely N-dealkylation sites (tertiary alicyclic amines) is 1. The van der Waals surface area contributed by atoms with Gasteiger partial charge in [-0.15, -0.1) is 0 Å². The highest BCUT2D eigenvalue weighted by Crippen LogP contribution is 2.39. The van der Waals surface area contributed by atoms with Crippen molar-refractivity contribution >= 4 is 5.91 Å². The molecule has 2 saturated heterocycles. The minimum atomic E-state index is 0.0682. The quantitative estimate of drug-likeness (QED) is 0.821. The fourth-order valence-electron chi connectivity index (χ4n) is 4.34. The molecule has 0 aliphatic carbocycles. The van der Waals surface area contributed by atoms with Gasteiger partial charge in [0.1, 0.15) is 0 Å². The maximum absolute atomic E-state index is 12.6. The fourth-order valence-corrected chi connectivity index (χ4v) is 4.34. The molecule has 0 saturated carbocycles. The lowest BCUT2D eigenvalue weighted by Gasteiger charge is -2.53. The van der Waals surface area contributed by atoms with Crippen LogP contribution in [0.1, 0.15) is 70.2 Å². The number of rotatable bonds is 3. The molecule has 0 atom stereocenters. The number of carbonyl (C=O) groups excluding carboxylic acids is 1. The molecule has 4 heteroatoms. The van der Waals surface area contributed by atoms with E-state index >= 15 is 0 Å². The topological polar surface area (TPSA) is 32.8 Å². The van der Waals surface area contributed by atoms with Crippen molar-refractivity contribution in [2.75, 3.05) is 13.1 Å². The Labute approximate surface area is 152 Å². The van der Waals surface area contributed by atoms with Crippen LogP contribution in [0.4, 0.5) is 0 Å². The first kappa shape index (κ1) is 18.4. The molecular weight excluding hydrogens is 312 g/mol. The van der Waals surface area contributed by atoms with E-state index in [0.29, 0.717) is 0 Å². The molecule has 0 aromatic heterocycles. The zero-order chi connectivity index (χ0) is 18.1. The highest BCUT2D eigenvalue weighted by molar-refractivity contribution is 5.94. The summed E-state index contributed by atoms with van der Waals surface area (Å²) in [6.07, 6.45) is 5.60. The monoisotopic (exact) mass is 344 g/mol. The van der Waals surface area contributed by atoms with E-state index in [1.165, 1.54) is 19.3 Å². The summed E-state index contributed by atoms with van der Waals surface area (Å²) in [5.74, 6) is 0.137.